The van der Waals surface area contributed by atoms with Crippen LogP contribution in [0.3, 0.4) is 0 Å². The Balaban J connectivity index is 0.00000264. The van der Waals surface area contributed by atoms with Gasteiger partial charge in [-0.2, -0.15) is 0 Å². The fraction of sp³-hybridized carbons (Fsp3) is 0.579. The normalized spacial score (nSPS) is 24.2. The van der Waals surface area contributed by atoms with Crippen molar-refractivity contribution in [2.75, 3.05) is 0 Å². The Labute approximate surface area is 178 Å². The van der Waals surface area contributed by atoms with Gasteiger partial charge in [0.2, 0.25) is 0 Å². The van der Waals surface area contributed by atoms with Crippen LogP contribution in [-0.4, -0.2) is 12.0 Å². The molecular formula is C19H29Cl2SSiTi. The fourth-order valence-electron chi connectivity index (χ4n) is 3.81. The largest absolute Gasteiger partial charge is 1.00 e. The van der Waals surface area contributed by atoms with Crippen LogP contribution in [0.15, 0.2) is 44.9 Å². The molecule has 0 aliphatic heterocycles. The molecule has 0 aromatic carbocycles. The molecule has 0 bridgehead atoms. The van der Waals surface area contributed by atoms with Gasteiger partial charge in [0.15, 0.2) is 0 Å². The summed E-state index contributed by atoms with van der Waals surface area (Å²) >= 11 is 4.60. The Morgan fingerprint density at radius 2 is 1.75 bits per heavy atom. The van der Waals surface area contributed by atoms with E-state index in [1.807, 2.05) is 0 Å². The van der Waals surface area contributed by atoms with E-state index in [4.69, 9.17) is 0 Å². The second-order valence-corrected chi connectivity index (χ2v) is 18.5. The molecule has 1 atom stereocenters. The Hall–Kier alpha value is 0.821. The van der Waals surface area contributed by atoms with Gasteiger partial charge in [0, 0.05) is 0 Å². The molecule has 2 aliphatic carbocycles. The number of hydrogen-bond donors (Lipinski definition) is 0. The maximum atomic E-state index is 2.49. The number of hydrogen-bond acceptors (Lipinski definition) is 1. The van der Waals surface area contributed by atoms with Gasteiger partial charge in [-0.15, -0.1) is 0 Å². The minimum absolute atomic E-state index is 0. The summed E-state index contributed by atoms with van der Waals surface area (Å²) in [6, 6.07) is 0. The topological polar surface area (TPSA) is 0 Å². The Kier molecular flexibility index (Phi) is 8.97. The van der Waals surface area contributed by atoms with Gasteiger partial charge in [0.25, 0.3) is 0 Å². The van der Waals surface area contributed by atoms with Crippen LogP contribution >= 0.6 is 11.2 Å². The molecule has 0 spiro atoms. The molecule has 0 aromatic rings. The molecule has 1 unspecified atom stereocenters. The van der Waals surface area contributed by atoms with E-state index in [1.165, 1.54) is 5.57 Å². The van der Waals surface area contributed by atoms with E-state index in [1.54, 1.807) is 15.0 Å². The third kappa shape index (κ3) is 4.75. The standard InChI is InChI=1S/C19H29SSi.2ClH.Ti/c1-15-12-13-19(16(2)14-15,20-21(5,6)7)18(3,4)17-10-8-9-11-17;;;/h8,10,12,14H,9,13H2,1-7H3;2*1H;/q;;;+2/p-2. The van der Waals surface area contributed by atoms with Crippen molar-refractivity contribution < 1.29 is 45.2 Å². The minimum Gasteiger partial charge on any atom is -1.00 e. The predicted molar refractivity (Wildman–Crippen MR) is 100 cm³/mol. The Morgan fingerprint density at radius 1 is 1.17 bits per heavy atom. The van der Waals surface area contributed by atoms with E-state index in [9.17, 15) is 0 Å². The summed E-state index contributed by atoms with van der Waals surface area (Å²) in [7, 11) is -1.26. The smallest absolute Gasteiger partial charge is 1.00 e. The van der Waals surface area contributed by atoms with E-state index < -0.39 is 7.22 Å². The summed E-state index contributed by atoms with van der Waals surface area (Å²) in [5.74, 6) is 0. The van der Waals surface area contributed by atoms with Gasteiger partial charge >= 0.3 is 154 Å². The zero-order valence-corrected chi connectivity index (χ0v) is 20.8. The van der Waals surface area contributed by atoms with Crippen molar-refractivity contribution in [3.8, 4) is 0 Å². The van der Waals surface area contributed by atoms with Gasteiger partial charge in [-0.1, -0.05) is 0 Å². The molecule has 0 aromatic heterocycles. The summed E-state index contributed by atoms with van der Waals surface area (Å²) in [4.78, 5) is 0. The van der Waals surface area contributed by atoms with Crippen molar-refractivity contribution >= 4 is 18.4 Å². The first-order chi connectivity index (χ1) is 9.99. The monoisotopic (exact) mass is 435 g/mol. The SMILES string of the molecule is CC1=CCC(S[Si](C)(C)C)(C(C)(C)C2=[C]([Ti+2])CC=C2)C(C)=C1.[Cl-].[Cl-]. The van der Waals surface area contributed by atoms with Gasteiger partial charge < -0.3 is 24.8 Å². The molecule has 2 rings (SSSR count). The van der Waals surface area contributed by atoms with E-state index in [0.29, 0.717) is 0 Å². The molecule has 2 aliphatic rings. The van der Waals surface area contributed by atoms with Crippen LogP contribution in [0.5, 0.6) is 0 Å². The van der Waals surface area contributed by atoms with Crippen molar-refractivity contribution in [3.05, 3.63) is 44.9 Å². The maximum Gasteiger partial charge on any atom is -1.00 e. The van der Waals surface area contributed by atoms with Crippen molar-refractivity contribution in [2.45, 2.75) is 64.9 Å². The van der Waals surface area contributed by atoms with Gasteiger partial charge in [0.1, 0.15) is 0 Å². The summed E-state index contributed by atoms with van der Waals surface area (Å²) in [6.07, 6.45) is 11.9. The summed E-state index contributed by atoms with van der Waals surface area (Å²) < 4.78 is 1.75. The first-order valence-corrected chi connectivity index (χ1v) is 14.0. The van der Waals surface area contributed by atoms with Crippen LogP contribution in [0.2, 0.25) is 19.6 Å². The predicted octanol–water partition coefficient (Wildman–Crippen LogP) is 0.385. The molecule has 0 N–H and O–H groups in total. The van der Waals surface area contributed by atoms with Crippen LogP contribution in [-0.2, 0) is 20.4 Å². The Morgan fingerprint density at radius 3 is 2.17 bits per heavy atom. The molecule has 0 saturated heterocycles. The van der Waals surface area contributed by atoms with E-state index in [0.717, 1.165) is 12.8 Å². The number of halogens is 2. The number of rotatable bonds is 4. The molecule has 24 heavy (non-hydrogen) atoms. The second kappa shape index (κ2) is 8.67. The van der Waals surface area contributed by atoms with Crippen molar-refractivity contribution in [1.82, 2.24) is 0 Å². The summed E-state index contributed by atoms with van der Waals surface area (Å²) in [6.45, 7) is 17.0. The minimum atomic E-state index is -1.26. The van der Waals surface area contributed by atoms with E-state index >= 15 is 0 Å². The molecule has 0 amide bonds. The van der Waals surface area contributed by atoms with Gasteiger partial charge in [0.05, 0.1) is 0 Å². The van der Waals surface area contributed by atoms with Crippen LogP contribution in [0.4, 0.5) is 0 Å². The van der Waals surface area contributed by atoms with Crippen LogP contribution < -0.4 is 24.8 Å². The van der Waals surface area contributed by atoms with Gasteiger partial charge in [-0.05, 0) is 0 Å². The molecule has 0 nitrogen and oxygen atoms in total. The number of allylic oxidation sites excluding steroid dienone is 7. The van der Waals surface area contributed by atoms with Crippen molar-refractivity contribution in [1.29, 1.82) is 0 Å². The van der Waals surface area contributed by atoms with Crippen LogP contribution in [0.25, 0.3) is 0 Å². The van der Waals surface area contributed by atoms with Crippen LogP contribution in [0.1, 0.15) is 40.5 Å². The third-order valence-corrected chi connectivity index (χ3v) is 10.5. The molecule has 0 heterocycles. The molecule has 0 saturated carbocycles. The van der Waals surface area contributed by atoms with Crippen LogP contribution in [0, 0.1) is 5.41 Å². The van der Waals surface area contributed by atoms with E-state index in [-0.39, 0.29) is 35.0 Å². The second-order valence-electron chi connectivity index (χ2n) is 8.14. The quantitative estimate of drug-likeness (QED) is 0.575. The average molecular weight is 436 g/mol. The van der Waals surface area contributed by atoms with Crippen molar-refractivity contribution in [3.63, 3.8) is 0 Å². The van der Waals surface area contributed by atoms with E-state index in [2.05, 4.69) is 103 Å². The van der Waals surface area contributed by atoms with Crippen molar-refractivity contribution in [2.24, 2.45) is 5.41 Å². The zero-order valence-electron chi connectivity index (χ0n) is 15.9. The summed E-state index contributed by atoms with van der Waals surface area (Å²) in [5, 5.41) is 0. The zero-order chi connectivity index (χ0) is 16.8. The van der Waals surface area contributed by atoms with Gasteiger partial charge in [-0.3, -0.25) is 0 Å². The Bertz CT molecular complexity index is 597. The molecule has 0 fully saturated rings. The van der Waals surface area contributed by atoms with Gasteiger partial charge in [-0.25, -0.2) is 0 Å². The summed E-state index contributed by atoms with van der Waals surface area (Å²) in [5.41, 5.74) is 4.71. The first kappa shape index (κ1) is 24.8. The average Bonchev–Trinajstić information content (AvgIpc) is 2.78. The molecule has 133 valence electrons. The third-order valence-electron chi connectivity index (χ3n) is 4.89. The fourth-order valence-corrected chi connectivity index (χ4v) is 11.0. The molecule has 5 heteroatoms. The first-order valence-electron chi connectivity index (χ1n) is 8.17. The molecule has 0 radical (unpaired) electrons. The molecular weight excluding hydrogens is 407 g/mol. The maximum absolute atomic E-state index is 2.49.